The molecular formula is C14H26N2S. The zero-order valence-electron chi connectivity index (χ0n) is 11.5. The molecule has 1 saturated carbocycles. The lowest BCUT2D eigenvalue weighted by molar-refractivity contribution is 0.345. The lowest BCUT2D eigenvalue weighted by atomic mass is 9.89. The molecule has 2 aliphatic rings. The lowest BCUT2D eigenvalue weighted by Crippen LogP contribution is -2.37. The van der Waals surface area contributed by atoms with Gasteiger partial charge in [-0.25, -0.2) is 0 Å². The minimum Gasteiger partial charge on any atom is -0.364 e. The van der Waals surface area contributed by atoms with E-state index in [0.717, 1.165) is 13.1 Å². The summed E-state index contributed by atoms with van der Waals surface area (Å²) in [5.74, 6) is 1.28. The van der Waals surface area contributed by atoms with Gasteiger partial charge in [0.2, 0.25) is 0 Å². The average Bonchev–Trinajstić information content (AvgIpc) is 2.77. The van der Waals surface area contributed by atoms with E-state index in [1.165, 1.54) is 43.0 Å². The molecule has 0 radical (unpaired) electrons. The number of amidine groups is 1. The molecular weight excluding hydrogens is 228 g/mol. The molecule has 2 nitrogen and oxygen atoms in total. The van der Waals surface area contributed by atoms with E-state index in [4.69, 9.17) is 4.99 Å². The summed E-state index contributed by atoms with van der Waals surface area (Å²) in [7, 11) is 0. The van der Waals surface area contributed by atoms with Gasteiger partial charge in [-0.3, -0.25) is 4.99 Å². The van der Waals surface area contributed by atoms with Gasteiger partial charge < -0.3 is 5.32 Å². The molecule has 0 amide bonds. The molecule has 0 aromatic carbocycles. The van der Waals surface area contributed by atoms with Gasteiger partial charge in [0.25, 0.3) is 0 Å². The van der Waals surface area contributed by atoms with Crippen LogP contribution in [0.3, 0.4) is 0 Å². The molecule has 3 heteroatoms. The third kappa shape index (κ3) is 3.40. The Morgan fingerprint density at radius 2 is 2.06 bits per heavy atom. The van der Waals surface area contributed by atoms with Crippen molar-refractivity contribution in [3.8, 4) is 0 Å². The van der Waals surface area contributed by atoms with Crippen LogP contribution in [0.1, 0.15) is 52.9 Å². The number of hydrogen-bond acceptors (Lipinski definition) is 3. The van der Waals surface area contributed by atoms with Crippen molar-refractivity contribution in [2.24, 2.45) is 15.8 Å². The Morgan fingerprint density at radius 3 is 2.59 bits per heavy atom. The second-order valence-corrected chi connectivity index (χ2v) is 7.45. The summed E-state index contributed by atoms with van der Waals surface area (Å²) in [6, 6.07) is 0. The molecule has 0 saturated heterocycles. The Bertz CT molecular complexity index is 291. The summed E-state index contributed by atoms with van der Waals surface area (Å²) in [5, 5.41) is 4.72. The molecule has 0 aromatic heterocycles. The van der Waals surface area contributed by atoms with Gasteiger partial charge in [-0.15, -0.1) is 0 Å². The van der Waals surface area contributed by atoms with Crippen molar-refractivity contribution in [2.45, 2.75) is 52.9 Å². The van der Waals surface area contributed by atoms with Crippen molar-refractivity contribution >= 4 is 16.9 Å². The fourth-order valence-electron chi connectivity index (χ4n) is 2.53. The summed E-state index contributed by atoms with van der Waals surface area (Å²) in [6.07, 6.45) is 6.85. The molecule has 1 spiro atoms. The molecule has 1 aliphatic heterocycles. The minimum atomic E-state index is 0.381. The third-order valence-corrected chi connectivity index (χ3v) is 5.72. The van der Waals surface area contributed by atoms with Gasteiger partial charge in [-0.05, 0) is 30.1 Å². The number of nitrogens with one attached hydrogen (secondary N) is 1. The number of hydrogen-bond donors (Lipinski definition) is 1. The quantitative estimate of drug-likeness (QED) is 0.831. The SMILES string of the molecule is CCC(C)(C)CNC1=NCC2(CCCC2)CS1. The fourth-order valence-corrected chi connectivity index (χ4v) is 3.68. The van der Waals surface area contributed by atoms with Gasteiger partial charge in [0.1, 0.15) is 0 Å². The largest absolute Gasteiger partial charge is 0.364 e. The highest BCUT2D eigenvalue weighted by Crippen LogP contribution is 2.43. The zero-order valence-corrected chi connectivity index (χ0v) is 12.3. The molecule has 0 aromatic rings. The maximum absolute atomic E-state index is 4.77. The highest BCUT2D eigenvalue weighted by atomic mass is 32.2. The van der Waals surface area contributed by atoms with Crippen LogP contribution in [0.2, 0.25) is 0 Å². The predicted octanol–water partition coefficient (Wildman–Crippen LogP) is 3.68. The molecule has 2 rings (SSSR count). The maximum Gasteiger partial charge on any atom is 0.156 e. The van der Waals surface area contributed by atoms with E-state index in [0.29, 0.717) is 10.8 Å². The summed E-state index contributed by atoms with van der Waals surface area (Å²) in [5.41, 5.74) is 0.946. The molecule has 17 heavy (non-hydrogen) atoms. The van der Waals surface area contributed by atoms with Crippen molar-refractivity contribution in [1.82, 2.24) is 5.32 Å². The van der Waals surface area contributed by atoms with Crippen LogP contribution in [0.5, 0.6) is 0 Å². The van der Waals surface area contributed by atoms with E-state index in [1.807, 2.05) is 11.8 Å². The molecule has 98 valence electrons. The molecule has 1 fully saturated rings. The van der Waals surface area contributed by atoms with Gasteiger partial charge in [-0.1, -0.05) is 45.4 Å². The first-order chi connectivity index (χ1) is 8.05. The molecule has 1 N–H and O–H groups in total. The normalized spacial score (nSPS) is 23.8. The predicted molar refractivity (Wildman–Crippen MR) is 77.7 cm³/mol. The van der Waals surface area contributed by atoms with Gasteiger partial charge in [0, 0.05) is 18.8 Å². The summed E-state index contributed by atoms with van der Waals surface area (Å²) in [4.78, 5) is 4.77. The number of thioether (sulfide) groups is 1. The van der Waals surface area contributed by atoms with Crippen LogP contribution in [0, 0.1) is 10.8 Å². The smallest absolute Gasteiger partial charge is 0.156 e. The molecule has 0 atom stereocenters. The first-order valence-electron chi connectivity index (χ1n) is 6.96. The standard InChI is InChI=1S/C14H26N2S/c1-4-13(2,3)9-15-12-16-10-14(11-17-12)7-5-6-8-14/h4-11H2,1-3H3,(H,15,16). The highest BCUT2D eigenvalue weighted by Gasteiger charge is 2.36. The Labute approximate surface area is 110 Å². The van der Waals surface area contributed by atoms with Crippen LogP contribution in [0.4, 0.5) is 0 Å². The van der Waals surface area contributed by atoms with E-state index >= 15 is 0 Å². The van der Waals surface area contributed by atoms with Crippen LogP contribution < -0.4 is 5.32 Å². The summed E-state index contributed by atoms with van der Waals surface area (Å²) in [6.45, 7) is 8.99. The number of rotatable bonds is 3. The van der Waals surface area contributed by atoms with E-state index < -0.39 is 0 Å². The van der Waals surface area contributed by atoms with Crippen molar-refractivity contribution in [3.05, 3.63) is 0 Å². The summed E-state index contributed by atoms with van der Waals surface area (Å²) < 4.78 is 0. The van der Waals surface area contributed by atoms with E-state index in [2.05, 4.69) is 26.1 Å². The van der Waals surface area contributed by atoms with Gasteiger partial charge >= 0.3 is 0 Å². The molecule has 0 bridgehead atoms. The maximum atomic E-state index is 4.77. The van der Waals surface area contributed by atoms with Crippen molar-refractivity contribution < 1.29 is 0 Å². The third-order valence-electron chi connectivity index (χ3n) is 4.41. The van der Waals surface area contributed by atoms with Crippen LogP contribution in [-0.2, 0) is 0 Å². The Kier molecular flexibility index (Phi) is 4.06. The first-order valence-corrected chi connectivity index (χ1v) is 7.95. The Hall–Kier alpha value is -0.180. The van der Waals surface area contributed by atoms with Gasteiger partial charge in [0.15, 0.2) is 5.17 Å². The highest BCUT2D eigenvalue weighted by molar-refractivity contribution is 8.13. The second kappa shape index (κ2) is 5.21. The van der Waals surface area contributed by atoms with E-state index in [9.17, 15) is 0 Å². The molecule has 1 heterocycles. The first kappa shape index (κ1) is 13.3. The fraction of sp³-hybridized carbons (Fsp3) is 0.929. The number of aliphatic imine (C=N–C) groups is 1. The zero-order chi connectivity index (χ0) is 12.4. The van der Waals surface area contributed by atoms with Gasteiger partial charge in [-0.2, -0.15) is 0 Å². The minimum absolute atomic E-state index is 0.381. The topological polar surface area (TPSA) is 24.4 Å². The Morgan fingerprint density at radius 1 is 1.35 bits per heavy atom. The van der Waals surface area contributed by atoms with Crippen molar-refractivity contribution in [1.29, 1.82) is 0 Å². The van der Waals surface area contributed by atoms with Crippen LogP contribution in [0.15, 0.2) is 4.99 Å². The lowest BCUT2D eigenvalue weighted by Gasteiger charge is -2.32. The molecule has 0 unspecified atom stereocenters. The summed E-state index contributed by atoms with van der Waals surface area (Å²) >= 11 is 1.95. The van der Waals surface area contributed by atoms with E-state index in [1.54, 1.807) is 0 Å². The van der Waals surface area contributed by atoms with Crippen molar-refractivity contribution in [3.63, 3.8) is 0 Å². The Balaban J connectivity index is 1.82. The van der Waals surface area contributed by atoms with Gasteiger partial charge in [0.05, 0.1) is 0 Å². The molecule has 1 aliphatic carbocycles. The van der Waals surface area contributed by atoms with Crippen LogP contribution in [-0.4, -0.2) is 24.0 Å². The van der Waals surface area contributed by atoms with Crippen LogP contribution >= 0.6 is 11.8 Å². The van der Waals surface area contributed by atoms with Crippen LogP contribution in [0.25, 0.3) is 0 Å². The van der Waals surface area contributed by atoms with Crippen molar-refractivity contribution in [2.75, 3.05) is 18.8 Å². The monoisotopic (exact) mass is 254 g/mol. The average molecular weight is 254 g/mol. The second-order valence-electron chi connectivity index (χ2n) is 6.49. The van der Waals surface area contributed by atoms with E-state index in [-0.39, 0.29) is 0 Å². The number of nitrogens with zero attached hydrogens (tertiary/aromatic N) is 1.